The summed E-state index contributed by atoms with van der Waals surface area (Å²) in [6, 6.07) is 0.275. The van der Waals surface area contributed by atoms with E-state index in [2.05, 4.69) is 9.72 Å². The van der Waals surface area contributed by atoms with Crippen molar-refractivity contribution >= 4 is 11.7 Å². The van der Waals surface area contributed by atoms with E-state index in [9.17, 15) is 28.1 Å². The van der Waals surface area contributed by atoms with Crippen molar-refractivity contribution in [2.45, 2.75) is 19.8 Å². The van der Waals surface area contributed by atoms with Gasteiger partial charge < -0.3 is 4.74 Å². The fourth-order valence-electron chi connectivity index (χ4n) is 1.43. The van der Waals surface area contributed by atoms with Gasteiger partial charge in [0.05, 0.1) is 18.0 Å². The number of esters is 1. The Hall–Kier alpha value is -2.19. The Kier molecular flexibility index (Phi) is 4.79. The number of rotatable bonds is 5. The summed E-state index contributed by atoms with van der Waals surface area (Å²) >= 11 is 0. The number of nitrogens with zero attached hydrogens (tertiary/aromatic N) is 2. The molecule has 6 nitrogen and oxygen atoms in total. The van der Waals surface area contributed by atoms with Crippen LogP contribution < -0.4 is 0 Å². The van der Waals surface area contributed by atoms with Crippen molar-refractivity contribution < 1.29 is 27.6 Å². The number of halogens is 3. The number of alkyl halides is 2. The molecule has 0 radical (unpaired) electrons. The van der Waals surface area contributed by atoms with Crippen LogP contribution in [0.15, 0.2) is 6.07 Å². The Morgan fingerprint density at radius 1 is 1.58 bits per heavy atom. The first kappa shape index (κ1) is 14.9. The molecule has 0 bridgehead atoms. The highest BCUT2D eigenvalue weighted by Crippen LogP contribution is 2.31. The van der Waals surface area contributed by atoms with Gasteiger partial charge in [0.2, 0.25) is 5.95 Å². The third kappa shape index (κ3) is 3.63. The van der Waals surface area contributed by atoms with Crippen molar-refractivity contribution in [1.82, 2.24) is 4.98 Å². The summed E-state index contributed by atoms with van der Waals surface area (Å²) in [4.78, 5) is 23.9. The average Bonchev–Trinajstić information content (AvgIpc) is 2.27. The fraction of sp³-hybridized carbons (Fsp3) is 0.400. The molecule has 0 unspecified atom stereocenters. The zero-order valence-corrected chi connectivity index (χ0v) is 9.73. The predicted octanol–water partition coefficient (Wildman–Crippen LogP) is 2.17. The van der Waals surface area contributed by atoms with Crippen LogP contribution in [0.3, 0.4) is 0 Å². The molecule has 19 heavy (non-hydrogen) atoms. The topological polar surface area (TPSA) is 82.3 Å². The van der Waals surface area contributed by atoms with Crippen molar-refractivity contribution in [2.24, 2.45) is 0 Å². The smallest absolute Gasteiger partial charge is 0.312 e. The largest absolute Gasteiger partial charge is 0.466 e. The van der Waals surface area contributed by atoms with Crippen molar-refractivity contribution in [3.05, 3.63) is 33.4 Å². The number of hydrogen-bond acceptors (Lipinski definition) is 5. The van der Waals surface area contributed by atoms with E-state index in [0.717, 1.165) is 0 Å². The van der Waals surface area contributed by atoms with E-state index in [0.29, 0.717) is 0 Å². The van der Waals surface area contributed by atoms with Gasteiger partial charge in [-0.3, -0.25) is 14.9 Å². The van der Waals surface area contributed by atoms with Gasteiger partial charge in [-0.05, 0) is 6.92 Å². The maximum Gasteiger partial charge on any atom is 0.312 e. The summed E-state index contributed by atoms with van der Waals surface area (Å²) in [5, 5.41) is 10.8. The van der Waals surface area contributed by atoms with Crippen LogP contribution in [0.4, 0.5) is 18.9 Å². The molecule has 0 saturated heterocycles. The molecule has 1 rings (SSSR count). The van der Waals surface area contributed by atoms with Crippen LogP contribution >= 0.6 is 0 Å². The molecule has 1 aromatic rings. The Labute approximate surface area is 105 Å². The van der Waals surface area contributed by atoms with Gasteiger partial charge in [-0.1, -0.05) is 0 Å². The highest BCUT2D eigenvalue weighted by Gasteiger charge is 2.29. The molecule has 0 spiro atoms. The second kappa shape index (κ2) is 6.12. The van der Waals surface area contributed by atoms with E-state index >= 15 is 0 Å². The molecule has 0 saturated carbocycles. The van der Waals surface area contributed by atoms with Gasteiger partial charge >= 0.3 is 5.97 Å². The Balaban J connectivity index is 3.28. The lowest BCUT2D eigenvalue weighted by atomic mass is 10.1. The number of carbonyl (C=O) groups is 1. The number of ether oxygens (including phenoxy) is 1. The van der Waals surface area contributed by atoms with Gasteiger partial charge in [-0.2, -0.15) is 4.39 Å². The van der Waals surface area contributed by atoms with Crippen LogP contribution in [0, 0.1) is 16.1 Å². The molecule has 0 aliphatic carbocycles. The minimum Gasteiger partial charge on any atom is -0.466 e. The van der Waals surface area contributed by atoms with Crippen LogP contribution in [0.5, 0.6) is 0 Å². The number of hydrogen-bond donors (Lipinski definition) is 0. The zero-order chi connectivity index (χ0) is 14.6. The summed E-state index contributed by atoms with van der Waals surface area (Å²) in [6.45, 7) is 1.50. The van der Waals surface area contributed by atoms with E-state index in [4.69, 9.17) is 0 Å². The molecule has 0 aliphatic heterocycles. The summed E-state index contributed by atoms with van der Waals surface area (Å²) < 4.78 is 42.8. The minimum absolute atomic E-state index is 0.00362. The maximum absolute atomic E-state index is 13.0. The summed E-state index contributed by atoms with van der Waals surface area (Å²) in [5.74, 6) is -2.23. The second-order valence-corrected chi connectivity index (χ2v) is 3.37. The molecule has 0 aliphatic rings. The molecule has 0 N–H and O–H groups in total. The van der Waals surface area contributed by atoms with Gasteiger partial charge in [0.1, 0.15) is 11.3 Å². The first-order chi connectivity index (χ1) is 8.86. The molecular weight excluding hydrogens is 269 g/mol. The Morgan fingerprint density at radius 2 is 2.21 bits per heavy atom. The van der Waals surface area contributed by atoms with Crippen LogP contribution in [0.25, 0.3) is 0 Å². The average molecular weight is 278 g/mol. The van der Waals surface area contributed by atoms with Crippen LogP contribution in [-0.4, -0.2) is 22.5 Å². The van der Waals surface area contributed by atoms with E-state index in [1.807, 2.05) is 0 Å². The minimum atomic E-state index is -3.25. The number of nitro groups is 1. The third-order valence-corrected chi connectivity index (χ3v) is 2.10. The zero-order valence-electron chi connectivity index (χ0n) is 9.73. The lowest BCUT2D eigenvalue weighted by Gasteiger charge is -2.07. The molecule has 1 aromatic heterocycles. The van der Waals surface area contributed by atoms with E-state index in [-0.39, 0.29) is 12.7 Å². The molecular formula is C10H9F3N2O4. The number of aromatic nitrogens is 1. The number of pyridine rings is 1. The van der Waals surface area contributed by atoms with Crippen molar-refractivity contribution in [1.29, 1.82) is 0 Å². The van der Waals surface area contributed by atoms with Crippen molar-refractivity contribution in [3.63, 3.8) is 0 Å². The number of carbonyl (C=O) groups excluding carboxylic acids is 1. The molecule has 0 amide bonds. The second-order valence-electron chi connectivity index (χ2n) is 3.37. The lowest BCUT2D eigenvalue weighted by molar-refractivity contribution is -0.387. The van der Waals surface area contributed by atoms with Crippen LogP contribution in [0.2, 0.25) is 0 Å². The standard InChI is InChI=1S/C10H9F3N2O4/c1-2-19-8(16)4-6-9(15(17)18)5(10(12)13)3-7(11)14-6/h3,10H,2,4H2,1H3. The quantitative estimate of drug-likeness (QED) is 0.357. The van der Waals surface area contributed by atoms with Gasteiger partial charge in [0.15, 0.2) is 0 Å². The van der Waals surface area contributed by atoms with Gasteiger partial charge in [-0.25, -0.2) is 13.8 Å². The SMILES string of the molecule is CCOC(=O)Cc1nc(F)cc(C(F)F)c1[N+](=O)[O-]. The van der Waals surface area contributed by atoms with Crippen LogP contribution in [-0.2, 0) is 16.0 Å². The normalized spacial score (nSPS) is 10.6. The third-order valence-electron chi connectivity index (χ3n) is 2.10. The molecule has 104 valence electrons. The highest BCUT2D eigenvalue weighted by molar-refractivity contribution is 5.73. The molecule has 0 atom stereocenters. The fourth-order valence-corrected chi connectivity index (χ4v) is 1.43. The van der Waals surface area contributed by atoms with Crippen molar-refractivity contribution in [3.8, 4) is 0 Å². The lowest BCUT2D eigenvalue weighted by Crippen LogP contribution is -2.13. The maximum atomic E-state index is 13.0. The molecule has 1 heterocycles. The van der Waals surface area contributed by atoms with Crippen molar-refractivity contribution in [2.75, 3.05) is 6.61 Å². The Bertz CT molecular complexity index is 508. The summed E-state index contributed by atoms with van der Waals surface area (Å²) in [7, 11) is 0. The Morgan fingerprint density at radius 3 is 2.68 bits per heavy atom. The molecule has 0 aromatic carbocycles. The molecule has 0 fully saturated rings. The van der Waals surface area contributed by atoms with Gasteiger partial charge in [0.25, 0.3) is 12.1 Å². The molecule has 9 heteroatoms. The summed E-state index contributed by atoms with van der Waals surface area (Å²) in [5.41, 5.74) is -2.86. The monoisotopic (exact) mass is 278 g/mol. The predicted molar refractivity (Wildman–Crippen MR) is 56.1 cm³/mol. The van der Waals surface area contributed by atoms with E-state index in [1.165, 1.54) is 6.92 Å². The first-order valence-corrected chi connectivity index (χ1v) is 5.14. The van der Waals surface area contributed by atoms with Crippen LogP contribution in [0.1, 0.15) is 24.6 Å². The van der Waals surface area contributed by atoms with Gasteiger partial charge in [-0.15, -0.1) is 0 Å². The first-order valence-electron chi connectivity index (χ1n) is 5.14. The highest BCUT2D eigenvalue weighted by atomic mass is 19.3. The van der Waals surface area contributed by atoms with Gasteiger partial charge in [0, 0.05) is 6.07 Å². The summed E-state index contributed by atoms with van der Waals surface area (Å²) in [6.07, 6.45) is -4.00. The van der Waals surface area contributed by atoms with E-state index in [1.54, 1.807) is 0 Å². The van der Waals surface area contributed by atoms with E-state index < -0.39 is 46.6 Å².